The predicted molar refractivity (Wildman–Crippen MR) is 62.5 cm³/mol. The molecule has 1 aliphatic carbocycles. The van der Waals surface area contributed by atoms with Crippen molar-refractivity contribution in [3.63, 3.8) is 0 Å². The van der Waals surface area contributed by atoms with Crippen molar-refractivity contribution in [3.05, 3.63) is 10.7 Å². The number of hydrogen-bond donors (Lipinski definition) is 1. The average molecular weight is 325 g/mol. The van der Waals surface area contributed by atoms with E-state index in [1.807, 2.05) is 3.59 Å². The standard InChI is InChI=1S/C5H10O2.C4HBr2N/c1-5(2,3)4(6)7;5-4-2-1-3(2)7(4)6/h1-3H3,(H,6,7);1H. The van der Waals surface area contributed by atoms with Gasteiger partial charge in [0.25, 0.3) is 0 Å². The first-order valence-electron chi connectivity index (χ1n) is 4.06. The van der Waals surface area contributed by atoms with Crippen LogP contribution in [0.25, 0.3) is 11.3 Å². The molecule has 1 aliphatic heterocycles. The van der Waals surface area contributed by atoms with Gasteiger partial charge in [-0.25, -0.2) is 0 Å². The molecule has 3 nitrogen and oxygen atoms in total. The van der Waals surface area contributed by atoms with Crippen molar-refractivity contribution >= 4 is 38.0 Å². The number of carbonyl (C=O) groups is 1. The van der Waals surface area contributed by atoms with Crippen LogP contribution in [0.15, 0.2) is 10.7 Å². The van der Waals surface area contributed by atoms with Gasteiger partial charge in [0.1, 0.15) is 4.60 Å². The number of carboxylic acids is 1. The van der Waals surface area contributed by atoms with Crippen molar-refractivity contribution in [3.8, 4) is 11.3 Å². The van der Waals surface area contributed by atoms with Crippen LogP contribution in [-0.2, 0) is 4.79 Å². The Morgan fingerprint density at radius 2 is 1.93 bits per heavy atom. The highest BCUT2D eigenvalue weighted by molar-refractivity contribution is 9.12. The third-order valence-corrected chi connectivity index (χ3v) is 3.72. The summed E-state index contributed by atoms with van der Waals surface area (Å²) >= 11 is 6.63. The first-order valence-corrected chi connectivity index (χ1v) is 5.56. The number of nitrogens with zero attached hydrogens (tertiary/aromatic N) is 1. The molecule has 1 N–H and O–H groups in total. The maximum atomic E-state index is 10.0. The summed E-state index contributed by atoms with van der Waals surface area (Å²) in [5.74, 6) is -0.757. The molecule has 5 heteroatoms. The number of carboxylic acid groups (broad SMARTS) is 1. The lowest BCUT2D eigenvalue weighted by molar-refractivity contribution is -0.145. The van der Waals surface area contributed by atoms with Crippen LogP contribution in [0.5, 0.6) is 0 Å². The Bertz CT molecular complexity index is 354. The molecule has 0 saturated heterocycles. The van der Waals surface area contributed by atoms with E-state index >= 15 is 0 Å². The molecule has 2 rings (SSSR count). The van der Waals surface area contributed by atoms with E-state index in [0.717, 1.165) is 4.60 Å². The molecule has 0 amide bonds. The van der Waals surface area contributed by atoms with Crippen molar-refractivity contribution in [2.45, 2.75) is 20.8 Å². The van der Waals surface area contributed by atoms with Crippen LogP contribution >= 0.6 is 32.1 Å². The van der Waals surface area contributed by atoms with E-state index < -0.39 is 11.4 Å². The first kappa shape index (κ1) is 11.8. The second-order valence-electron chi connectivity index (χ2n) is 4.07. The molecule has 14 heavy (non-hydrogen) atoms. The number of halogens is 2. The molecule has 0 radical (unpaired) electrons. The Balaban J connectivity index is 0.000000140. The minimum absolute atomic E-state index is 0.583. The Kier molecular flexibility index (Phi) is 3.11. The number of aromatic nitrogens is 1. The van der Waals surface area contributed by atoms with Crippen LogP contribution in [-0.4, -0.2) is 14.7 Å². The van der Waals surface area contributed by atoms with Crippen LogP contribution in [0.4, 0.5) is 0 Å². The number of fused-ring (bicyclic) bond motifs is 1. The molecular formula is C9H11Br2NO2. The molecule has 0 aromatic rings. The van der Waals surface area contributed by atoms with E-state index in [9.17, 15) is 4.79 Å². The fraction of sp³-hybridized carbons (Fsp3) is 0.444. The number of hydrogen-bond acceptors (Lipinski definition) is 1. The molecule has 78 valence electrons. The largest absolute Gasteiger partial charge is 0.481 e. The third kappa shape index (κ3) is 2.39. The van der Waals surface area contributed by atoms with Crippen molar-refractivity contribution < 1.29 is 9.90 Å². The number of rotatable bonds is 0. The highest BCUT2D eigenvalue weighted by atomic mass is 79.9. The van der Waals surface area contributed by atoms with E-state index in [4.69, 9.17) is 5.11 Å². The van der Waals surface area contributed by atoms with Gasteiger partial charge in [0.15, 0.2) is 0 Å². The zero-order chi connectivity index (χ0) is 11.1. The van der Waals surface area contributed by atoms with Crippen LogP contribution in [0.2, 0.25) is 0 Å². The van der Waals surface area contributed by atoms with Crippen molar-refractivity contribution in [2.75, 3.05) is 0 Å². The topological polar surface area (TPSA) is 42.2 Å². The second kappa shape index (κ2) is 3.70. The summed E-state index contributed by atoms with van der Waals surface area (Å²) in [5, 5.41) is 8.25. The highest BCUT2D eigenvalue weighted by Crippen LogP contribution is 2.47. The van der Waals surface area contributed by atoms with Crippen LogP contribution < -0.4 is 0 Å². The van der Waals surface area contributed by atoms with Crippen LogP contribution in [0, 0.1) is 5.41 Å². The Morgan fingerprint density at radius 3 is 2.00 bits per heavy atom. The molecule has 0 unspecified atom stereocenters. The fourth-order valence-electron chi connectivity index (χ4n) is 0.587. The van der Waals surface area contributed by atoms with Gasteiger partial charge in [-0.2, -0.15) is 0 Å². The normalized spacial score (nSPS) is 11.8. The predicted octanol–water partition coefficient (Wildman–Crippen LogP) is 3.51. The summed E-state index contributed by atoms with van der Waals surface area (Å²) in [6.07, 6.45) is 0. The summed E-state index contributed by atoms with van der Waals surface area (Å²) in [5.41, 5.74) is 2.09. The molecule has 0 saturated carbocycles. The molecule has 2 aliphatic rings. The summed E-state index contributed by atoms with van der Waals surface area (Å²) in [6, 6.07) is 2.11. The third-order valence-electron chi connectivity index (χ3n) is 1.72. The van der Waals surface area contributed by atoms with Gasteiger partial charge in [-0.15, -0.1) is 0 Å². The quantitative estimate of drug-likeness (QED) is 0.805. The summed E-state index contributed by atoms with van der Waals surface area (Å²) in [7, 11) is 0. The maximum absolute atomic E-state index is 10.0. The summed E-state index contributed by atoms with van der Waals surface area (Å²) in [6.45, 7) is 4.99. The molecular weight excluding hydrogens is 314 g/mol. The maximum Gasteiger partial charge on any atom is 0.308 e. The van der Waals surface area contributed by atoms with Gasteiger partial charge >= 0.3 is 5.97 Å². The van der Waals surface area contributed by atoms with Gasteiger partial charge in [-0.05, 0) is 42.8 Å². The van der Waals surface area contributed by atoms with Crippen molar-refractivity contribution in [1.29, 1.82) is 0 Å². The summed E-state index contributed by atoms with van der Waals surface area (Å²) < 4.78 is 3.09. The monoisotopic (exact) mass is 323 g/mol. The van der Waals surface area contributed by atoms with Gasteiger partial charge in [-0.3, -0.25) is 8.39 Å². The Hall–Kier alpha value is -0.290. The zero-order valence-corrected chi connectivity index (χ0v) is 11.3. The number of aliphatic carboxylic acids is 1. The minimum atomic E-state index is -0.757. The fourth-order valence-corrected chi connectivity index (χ4v) is 1.58. The minimum Gasteiger partial charge on any atom is -0.481 e. The van der Waals surface area contributed by atoms with E-state index in [0.29, 0.717) is 0 Å². The molecule has 0 aromatic carbocycles. The highest BCUT2D eigenvalue weighted by Gasteiger charge is 2.26. The van der Waals surface area contributed by atoms with Crippen LogP contribution in [0.1, 0.15) is 20.8 Å². The Morgan fingerprint density at radius 1 is 1.50 bits per heavy atom. The lowest BCUT2D eigenvalue weighted by Crippen LogP contribution is -2.18. The van der Waals surface area contributed by atoms with Gasteiger partial charge in [0, 0.05) is 5.56 Å². The van der Waals surface area contributed by atoms with E-state index in [1.165, 1.54) is 11.3 Å². The molecule has 0 fully saturated rings. The Labute approximate surface area is 99.6 Å². The van der Waals surface area contributed by atoms with Crippen molar-refractivity contribution in [1.82, 2.24) is 3.59 Å². The molecule has 0 spiro atoms. The molecule has 0 atom stereocenters. The van der Waals surface area contributed by atoms with Crippen molar-refractivity contribution in [2.24, 2.45) is 5.41 Å². The lowest BCUT2D eigenvalue weighted by Gasteiger charge is -2.08. The van der Waals surface area contributed by atoms with E-state index in [2.05, 4.69) is 38.1 Å². The van der Waals surface area contributed by atoms with Gasteiger partial charge in [0.2, 0.25) is 0 Å². The SMILES string of the molecule is Brc1c2cc-2n1Br.CC(C)(C)C(=O)O. The summed E-state index contributed by atoms with van der Waals surface area (Å²) in [4.78, 5) is 10.0. The average Bonchev–Trinajstić information content (AvgIpc) is 2.78. The lowest BCUT2D eigenvalue weighted by atomic mass is 9.98. The molecule has 0 aromatic heterocycles. The van der Waals surface area contributed by atoms with E-state index in [1.54, 1.807) is 20.8 Å². The molecule has 0 bridgehead atoms. The zero-order valence-electron chi connectivity index (χ0n) is 8.14. The second-order valence-corrected chi connectivity index (χ2v) is 5.53. The smallest absolute Gasteiger partial charge is 0.308 e. The van der Waals surface area contributed by atoms with Crippen LogP contribution in [0.3, 0.4) is 0 Å². The van der Waals surface area contributed by atoms with E-state index in [-0.39, 0.29) is 0 Å². The van der Waals surface area contributed by atoms with Gasteiger partial charge < -0.3 is 5.11 Å². The molecule has 1 heterocycles. The first-order chi connectivity index (χ1) is 6.25. The van der Waals surface area contributed by atoms with Gasteiger partial charge in [0.05, 0.1) is 27.3 Å². The van der Waals surface area contributed by atoms with Gasteiger partial charge in [-0.1, -0.05) is 0 Å².